The van der Waals surface area contributed by atoms with Gasteiger partial charge in [0, 0.05) is 36.4 Å². The molecule has 4 heteroatoms. The van der Waals surface area contributed by atoms with Crippen LogP contribution in [0, 0.1) is 11.8 Å². The van der Waals surface area contributed by atoms with Crippen molar-refractivity contribution in [3.63, 3.8) is 0 Å². The molecule has 0 aliphatic rings. The molecule has 3 nitrogen and oxygen atoms in total. The van der Waals surface area contributed by atoms with Crippen LogP contribution in [-0.2, 0) is 0 Å². The number of aliphatic hydroxyl groups excluding tert-OH is 1. The Kier molecular flexibility index (Phi) is 7.96. The molecule has 0 radical (unpaired) electrons. The Hall–Kier alpha value is -1.44. The maximum absolute atomic E-state index is 12.4. The number of thioether (sulfide) groups is 1. The van der Waals surface area contributed by atoms with E-state index >= 15 is 0 Å². The van der Waals surface area contributed by atoms with Gasteiger partial charge in [-0.15, -0.1) is 0 Å². The number of amides is 1. The smallest absolute Gasteiger partial charge is 0.253 e. The number of aliphatic hydroxyl groups is 1. The first-order chi connectivity index (χ1) is 10.1. The fourth-order valence-corrected chi connectivity index (χ4v) is 2.83. The van der Waals surface area contributed by atoms with Crippen molar-refractivity contribution in [2.75, 3.05) is 25.7 Å². The molecule has 1 unspecified atom stereocenters. The predicted molar refractivity (Wildman–Crippen MR) is 89.6 cm³/mol. The molecule has 0 fully saturated rings. The molecular weight excluding hydrogens is 282 g/mol. The lowest BCUT2D eigenvalue weighted by molar-refractivity contribution is 0.0743. The molecule has 0 spiro atoms. The van der Waals surface area contributed by atoms with Gasteiger partial charge in [-0.3, -0.25) is 4.79 Å². The first kappa shape index (κ1) is 17.6. The van der Waals surface area contributed by atoms with E-state index in [2.05, 4.69) is 25.0 Å². The minimum atomic E-state index is 0.0470. The van der Waals surface area contributed by atoms with Crippen molar-refractivity contribution in [3.05, 3.63) is 35.4 Å². The van der Waals surface area contributed by atoms with Crippen LogP contribution in [0.2, 0.25) is 0 Å². The second-order valence-electron chi connectivity index (χ2n) is 4.79. The van der Waals surface area contributed by atoms with Crippen LogP contribution in [0.4, 0.5) is 0 Å². The zero-order chi connectivity index (χ0) is 15.7. The SMILES string of the molecule is CCC(CSC)N(C)C(=O)c1ccc(C#CCCO)cc1. The van der Waals surface area contributed by atoms with E-state index in [0.717, 1.165) is 17.7 Å². The highest BCUT2D eigenvalue weighted by atomic mass is 32.2. The first-order valence-electron chi connectivity index (χ1n) is 7.09. The van der Waals surface area contributed by atoms with E-state index in [1.165, 1.54) is 0 Å². The van der Waals surface area contributed by atoms with Crippen LogP contribution < -0.4 is 0 Å². The monoisotopic (exact) mass is 305 g/mol. The molecule has 0 saturated heterocycles. The zero-order valence-electron chi connectivity index (χ0n) is 12.9. The minimum absolute atomic E-state index is 0.0470. The summed E-state index contributed by atoms with van der Waals surface area (Å²) in [6.45, 7) is 2.17. The molecule has 1 rings (SSSR count). The van der Waals surface area contributed by atoms with Gasteiger partial charge in [-0.05, 0) is 36.9 Å². The number of rotatable bonds is 6. The Morgan fingerprint density at radius 1 is 1.38 bits per heavy atom. The van der Waals surface area contributed by atoms with E-state index in [0.29, 0.717) is 12.0 Å². The summed E-state index contributed by atoms with van der Waals surface area (Å²) in [6, 6.07) is 7.58. The highest BCUT2D eigenvalue weighted by Crippen LogP contribution is 2.13. The largest absolute Gasteiger partial charge is 0.395 e. The quantitative estimate of drug-likeness (QED) is 0.821. The van der Waals surface area contributed by atoms with Crippen molar-refractivity contribution in [1.82, 2.24) is 4.90 Å². The maximum atomic E-state index is 12.4. The predicted octanol–water partition coefficient (Wildman–Crippen LogP) is 2.63. The molecule has 21 heavy (non-hydrogen) atoms. The fourth-order valence-electron chi connectivity index (χ4n) is 1.98. The van der Waals surface area contributed by atoms with E-state index in [1.54, 1.807) is 11.8 Å². The van der Waals surface area contributed by atoms with E-state index in [-0.39, 0.29) is 18.6 Å². The summed E-state index contributed by atoms with van der Waals surface area (Å²) in [6.07, 6.45) is 3.48. The fraction of sp³-hybridized carbons (Fsp3) is 0.471. The van der Waals surface area contributed by atoms with Crippen LogP contribution in [0.15, 0.2) is 24.3 Å². The molecule has 1 amide bonds. The molecule has 1 aromatic rings. The van der Waals surface area contributed by atoms with Gasteiger partial charge in [0.2, 0.25) is 0 Å². The summed E-state index contributed by atoms with van der Waals surface area (Å²) in [5.74, 6) is 6.82. The Morgan fingerprint density at radius 3 is 2.57 bits per heavy atom. The Balaban J connectivity index is 2.77. The third-order valence-corrected chi connectivity index (χ3v) is 4.02. The molecule has 0 aliphatic heterocycles. The topological polar surface area (TPSA) is 40.5 Å². The molecule has 0 aromatic heterocycles. The summed E-state index contributed by atoms with van der Waals surface area (Å²) >= 11 is 1.76. The lowest BCUT2D eigenvalue weighted by atomic mass is 10.1. The molecule has 114 valence electrons. The van der Waals surface area contributed by atoms with Crippen molar-refractivity contribution in [3.8, 4) is 11.8 Å². The van der Waals surface area contributed by atoms with Crippen LogP contribution in [0.1, 0.15) is 35.7 Å². The third-order valence-electron chi connectivity index (χ3n) is 3.30. The number of hydrogen-bond acceptors (Lipinski definition) is 3. The highest BCUT2D eigenvalue weighted by Gasteiger charge is 2.19. The van der Waals surface area contributed by atoms with Crippen LogP contribution in [0.3, 0.4) is 0 Å². The minimum Gasteiger partial charge on any atom is -0.395 e. The maximum Gasteiger partial charge on any atom is 0.253 e. The Bertz CT molecular complexity index is 502. The lowest BCUT2D eigenvalue weighted by Crippen LogP contribution is -2.38. The van der Waals surface area contributed by atoms with Gasteiger partial charge in [0.1, 0.15) is 0 Å². The second kappa shape index (κ2) is 9.49. The van der Waals surface area contributed by atoms with Crippen molar-refractivity contribution in [1.29, 1.82) is 0 Å². The van der Waals surface area contributed by atoms with Gasteiger partial charge in [-0.1, -0.05) is 18.8 Å². The number of carbonyl (C=O) groups excluding carboxylic acids is 1. The van der Waals surface area contributed by atoms with Gasteiger partial charge in [-0.2, -0.15) is 11.8 Å². The van der Waals surface area contributed by atoms with Crippen molar-refractivity contribution >= 4 is 17.7 Å². The summed E-state index contributed by atoms with van der Waals surface area (Å²) in [5, 5.41) is 8.69. The molecule has 0 heterocycles. The lowest BCUT2D eigenvalue weighted by Gasteiger charge is -2.26. The summed E-state index contributed by atoms with van der Waals surface area (Å²) < 4.78 is 0. The van der Waals surface area contributed by atoms with Crippen LogP contribution in [0.25, 0.3) is 0 Å². The summed E-state index contributed by atoms with van der Waals surface area (Å²) in [7, 11) is 1.86. The van der Waals surface area contributed by atoms with Gasteiger partial charge in [0.25, 0.3) is 5.91 Å². The number of benzene rings is 1. The summed E-state index contributed by atoms with van der Waals surface area (Å²) in [5.41, 5.74) is 1.54. The van der Waals surface area contributed by atoms with Crippen molar-refractivity contribution in [2.24, 2.45) is 0 Å². The molecule has 1 atom stereocenters. The average Bonchev–Trinajstić information content (AvgIpc) is 2.52. The number of nitrogens with zero attached hydrogens (tertiary/aromatic N) is 1. The van der Waals surface area contributed by atoms with Crippen LogP contribution in [0.5, 0.6) is 0 Å². The standard InChI is InChI=1S/C17H23NO2S/c1-4-16(13-21-3)18(2)17(20)15-10-8-14(9-11-15)7-5-6-12-19/h8-11,16,19H,4,6,12-13H2,1-3H3. The van der Waals surface area contributed by atoms with E-state index in [1.807, 2.05) is 36.2 Å². The van der Waals surface area contributed by atoms with Crippen molar-refractivity contribution < 1.29 is 9.90 Å². The first-order valence-corrected chi connectivity index (χ1v) is 8.49. The second-order valence-corrected chi connectivity index (χ2v) is 5.70. The molecular formula is C17H23NO2S. The van der Waals surface area contributed by atoms with Gasteiger partial charge < -0.3 is 10.0 Å². The average molecular weight is 305 g/mol. The van der Waals surface area contributed by atoms with E-state index < -0.39 is 0 Å². The zero-order valence-corrected chi connectivity index (χ0v) is 13.7. The van der Waals surface area contributed by atoms with Gasteiger partial charge in [-0.25, -0.2) is 0 Å². The molecule has 1 aromatic carbocycles. The molecule has 0 saturated carbocycles. The summed E-state index contributed by atoms with van der Waals surface area (Å²) in [4.78, 5) is 14.3. The van der Waals surface area contributed by atoms with Gasteiger partial charge in [0.15, 0.2) is 0 Å². The Morgan fingerprint density at radius 2 is 2.05 bits per heavy atom. The normalized spacial score (nSPS) is 11.4. The number of hydrogen-bond donors (Lipinski definition) is 1. The Labute approximate surface area is 131 Å². The molecule has 0 aliphatic carbocycles. The number of carbonyl (C=O) groups is 1. The third kappa shape index (κ3) is 5.45. The van der Waals surface area contributed by atoms with Crippen molar-refractivity contribution in [2.45, 2.75) is 25.8 Å². The molecule has 1 N–H and O–H groups in total. The van der Waals surface area contributed by atoms with Crippen LogP contribution in [-0.4, -0.2) is 47.6 Å². The highest BCUT2D eigenvalue weighted by molar-refractivity contribution is 7.98. The van der Waals surface area contributed by atoms with Gasteiger partial charge in [0.05, 0.1) is 6.61 Å². The molecule has 0 bridgehead atoms. The van der Waals surface area contributed by atoms with E-state index in [9.17, 15) is 4.79 Å². The van der Waals surface area contributed by atoms with E-state index in [4.69, 9.17) is 5.11 Å². The van der Waals surface area contributed by atoms with Crippen LogP contribution >= 0.6 is 11.8 Å². The van der Waals surface area contributed by atoms with Gasteiger partial charge >= 0.3 is 0 Å².